The van der Waals surface area contributed by atoms with Crippen LogP contribution in [0.1, 0.15) is 27.2 Å². The first-order valence-corrected chi connectivity index (χ1v) is 11.9. The van der Waals surface area contributed by atoms with Crippen LogP contribution in [-0.2, 0) is 0 Å². The number of benzene rings is 1. The number of anilines is 2. The molecule has 1 aromatic carbocycles. The van der Waals surface area contributed by atoms with Crippen LogP contribution >= 0.6 is 35.0 Å². The van der Waals surface area contributed by atoms with Gasteiger partial charge < -0.3 is 15.3 Å². The van der Waals surface area contributed by atoms with Crippen LogP contribution in [0.5, 0.6) is 0 Å². The molecule has 2 N–H and O–H groups in total. The van der Waals surface area contributed by atoms with Crippen LogP contribution in [0, 0.1) is 11.2 Å². The van der Waals surface area contributed by atoms with E-state index in [9.17, 15) is 14.3 Å². The molecular formula is C22H22Cl2FN5O2S. The molecule has 33 heavy (non-hydrogen) atoms. The Morgan fingerprint density at radius 1 is 1.24 bits per heavy atom. The minimum absolute atomic E-state index is 0.0413. The maximum Gasteiger partial charge on any atom is 0.407 e. The molecule has 1 fully saturated rings. The molecule has 0 radical (unpaired) electrons. The molecule has 1 aliphatic rings. The van der Waals surface area contributed by atoms with Crippen molar-refractivity contribution in [2.45, 2.75) is 43.5 Å². The van der Waals surface area contributed by atoms with Crippen LogP contribution in [-0.4, -0.2) is 48.9 Å². The van der Waals surface area contributed by atoms with Gasteiger partial charge >= 0.3 is 6.09 Å². The number of amides is 1. The highest BCUT2D eigenvalue weighted by Gasteiger charge is 2.44. The van der Waals surface area contributed by atoms with Gasteiger partial charge in [0.2, 0.25) is 0 Å². The quantitative estimate of drug-likeness (QED) is 0.389. The number of rotatable bonds is 4. The number of fused-ring (bicyclic) bond motifs is 1. The first-order chi connectivity index (χ1) is 15.6. The van der Waals surface area contributed by atoms with Crippen molar-refractivity contribution < 1.29 is 14.3 Å². The summed E-state index contributed by atoms with van der Waals surface area (Å²) in [7, 11) is 0. The zero-order chi connectivity index (χ0) is 23.9. The molecule has 0 spiro atoms. The number of carbonyl (C=O) groups is 1. The van der Waals surface area contributed by atoms with Gasteiger partial charge in [0.05, 0.1) is 32.3 Å². The number of aromatic nitrogens is 3. The van der Waals surface area contributed by atoms with E-state index in [-0.39, 0.29) is 32.4 Å². The van der Waals surface area contributed by atoms with Gasteiger partial charge in [-0.3, -0.25) is 0 Å². The summed E-state index contributed by atoms with van der Waals surface area (Å²) in [6.07, 6.45) is 1.18. The van der Waals surface area contributed by atoms with Crippen LogP contribution in [0.15, 0.2) is 35.6 Å². The van der Waals surface area contributed by atoms with Gasteiger partial charge in [0.1, 0.15) is 11.8 Å². The number of carboxylic acid groups (broad SMARTS) is 1. The van der Waals surface area contributed by atoms with Crippen molar-refractivity contribution in [3.8, 4) is 0 Å². The molecule has 0 aliphatic carbocycles. The van der Waals surface area contributed by atoms with Crippen molar-refractivity contribution in [2.24, 2.45) is 5.41 Å². The zero-order valence-corrected chi connectivity index (χ0v) is 20.5. The number of thioether (sulfide) groups is 1. The highest BCUT2D eigenvalue weighted by Crippen LogP contribution is 2.42. The van der Waals surface area contributed by atoms with Crippen molar-refractivity contribution in [1.82, 2.24) is 19.9 Å². The fourth-order valence-corrected chi connectivity index (χ4v) is 5.93. The van der Waals surface area contributed by atoms with E-state index in [2.05, 4.69) is 15.3 Å². The van der Waals surface area contributed by atoms with E-state index in [1.807, 2.05) is 32.9 Å². The fourth-order valence-electron chi connectivity index (χ4n) is 4.11. The Bertz CT molecular complexity index is 1220. The number of nitrogens with one attached hydrogen (secondary N) is 1. The van der Waals surface area contributed by atoms with E-state index in [1.165, 1.54) is 35.1 Å². The molecule has 0 bridgehead atoms. The molecule has 3 heterocycles. The third-order valence-electron chi connectivity index (χ3n) is 5.49. The molecule has 2 unspecified atom stereocenters. The first kappa shape index (κ1) is 23.8. The van der Waals surface area contributed by atoms with Gasteiger partial charge in [-0.2, -0.15) is 0 Å². The van der Waals surface area contributed by atoms with Crippen molar-refractivity contribution in [2.75, 3.05) is 11.9 Å². The molecule has 7 nitrogen and oxygen atoms in total. The molecular weight excluding hydrogens is 488 g/mol. The molecule has 3 aromatic rings. The molecule has 1 saturated heterocycles. The third kappa shape index (κ3) is 4.81. The van der Waals surface area contributed by atoms with Crippen LogP contribution in [0.25, 0.3) is 11.0 Å². The maximum absolute atomic E-state index is 14.6. The first-order valence-electron chi connectivity index (χ1n) is 10.2. The van der Waals surface area contributed by atoms with Crippen LogP contribution in [0.3, 0.4) is 0 Å². The average molecular weight is 510 g/mol. The summed E-state index contributed by atoms with van der Waals surface area (Å²) in [5.74, 6) is -0.361. The Balaban J connectivity index is 1.66. The maximum atomic E-state index is 14.6. The highest BCUT2D eigenvalue weighted by molar-refractivity contribution is 7.99. The van der Waals surface area contributed by atoms with Crippen molar-refractivity contribution in [3.63, 3.8) is 0 Å². The standard InChI is InChI=1S/C22H22Cl2FN5O2S/c1-22(2,3)19-14(8-9-30(19)21(31)32)33-15-7-6-13-18(29-15)20(27-10-26-13)28-12-5-4-11(23)16(24)17(12)25/h4-7,10,14,19H,8-9H2,1-3H3,(H,31,32)(H,26,27,28). The van der Waals surface area contributed by atoms with Crippen molar-refractivity contribution in [1.29, 1.82) is 0 Å². The average Bonchev–Trinajstić information content (AvgIpc) is 3.19. The lowest BCUT2D eigenvalue weighted by atomic mass is 9.85. The van der Waals surface area contributed by atoms with Gasteiger partial charge in [-0.25, -0.2) is 24.1 Å². The SMILES string of the molecule is CC(C)(C)C1C(Sc2ccc3ncnc(Nc4ccc(Cl)c(Cl)c4F)c3n2)CCN1C(=O)O. The fraction of sp³-hybridized carbons (Fsp3) is 0.364. The molecule has 1 aliphatic heterocycles. The Hall–Kier alpha value is -2.36. The lowest BCUT2D eigenvalue weighted by Gasteiger charge is -2.36. The van der Waals surface area contributed by atoms with E-state index in [4.69, 9.17) is 28.2 Å². The largest absolute Gasteiger partial charge is 0.465 e. The number of likely N-dealkylation sites (tertiary alicyclic amines) is 1. The monoisotopic (exact) mass is 509 g/mol. The lowest BCUT2D eigenvalue weighted by molar-refractivity contribution is 0.108. The molecule has 0 saturated carbocycles. The lowest BCUT2D eigenvalue weighted by Crippen LogP contribution is -2.46. The van der Waals surface area contributed by atoms with Gasteiger partial charge in [-0.1, -0.05) is 44.0 Å². The predicted octanol–water partition coefficient (Wildman–Crippen LogP) is 6.47. The Morgan fingerprint density at radius 2 is 2.00 bits per heavy atom. The second-order valence-corrected chi connectivity index (χ2v) is 10.9. The second kappa shape index (κ2) is 9.12. The number of nitrogens with zero attached hydrogens (tertiary/aromatic N) is 4. The highest BCUT2D eigenvalue weighted by atomic mass is 35.5. The topological polar surface area (TPSA) is 91.2 Å². The molecule has 1 amide bonds. The zero-order valence-electron chi connectivity index (χ0n) is 18.1. The number of pyridine rings is 1. The van der Waals surface area contributed by atoms with Gasteiger partial charge in [0.15, 0.2) is 11.6 Å². The second-order valence-electron chi connectivity index (χ2n) is 8.82. The van der Waals surface area contributed by atoms with Gasteiger partial charge in [-0.15, -0.1) is 11.8 Å². The summed E-state index contributed by atoms with van der Waals surface area (Å²) in [5.41, 5.74) is 0.937. The summed E-state index contributed by atoms with van der Waals surface area (Å²) in [6, 6.07) is 6.48. The summed E-state index contributed by atoms with van der Waals surface area (Å²) < 4.78 is 14.6. The van der Waals surface area contributed by atoms with Crippen LogP contribution in [0.4, 0.5) is 20.7 Å². The number of hydrogen-bond donors (Lipinski definition) is 2. The normalized spacial score (nSPS) is 18.7. The van der Waals surface area contributed by atoms with E-state index in [0.717, 1.165) is 6.42 Å². The Kier molecular flexibility index (Phi) is 6.57. The molecule has 174 valence electrons. The number of hydrogen-bond acceptors (Lipinski definition) is 6. The third-order valence-corrected chi connectivity index (χ3v) is 7.54. The van der Waals surface area contributed by atoms with Crippen LogP contribution < -0.4 is 5.32 Å². The van der Waals surface area contributed by atoms with E-state index < -0.39 is 11.9 Å². The van der Waals surface area contributed by atoms with Gasteiger partial charge in [0, 0.05) is 11.8 Å². The van der Waals surface area contributed by atoms with Crippen molar-refractivity contribution in [3.05, 3.63) is 46.5 Å². The minimum Gasteiger partial charge on any atom is -0.465 e. The van der Waals surface area contributed by atoms with Gasteiger partial charge in [-0.05, 0) is 36.1 Å². The smallest absolute Gasteiger partial charge is 0.407 e. The Morgan fingerprint density at radius 3 is 2.70 bits per heavy atom. The molecule has 2 aromatic heterocycles. The van der Waals surface area contributed by atoms with Gasteiger partial charge in [0.25, 0.3) is 0 Å². The molecule has 11 heteroatoms. The number of halogens is 3. The van der Waals surface area contributed by atoms with Crippen LogP contribution in [0.2, 0.25) is 10.0 Å². The van der Waals surface area contributed by atoms with E-state index in [0.29, 0.717) is 28.4 Å². The summed E-state index contributed by atoms with van der Waals surface area (Å²) >= 11 is 13.3. The van der Waals surface area contributed by atoms with E-state index in [1.54, 1.807) is 0 Å². The minimum atomic E-state index is -0.909. The molecule has 2 atom stereocenters. The summed E-state index contributed by atoms with van der Waals surface area (Å²) in [6.45, 7) is 6.61. The predicted molar refractivity (Wildman–Crippen MR) is 129 cm³/mol. The van der Waals surface area contributed by atoms with E-state index >= 15 is 0 Å². The van der Waals surface area contributed by atoms with Crippen molar-refractivity contribution >= 4 is 63.6 Å². The summed E-state index contributed by atoms with van der Waals surface area (Å²) in [4.78, 5) is 26.5. The summed E-state index contributed by atoms with van der Waals surface area (Å²) in [5, 5.41) is 13.3. The molecule has 4 rings (SSSR count). The Labute approximate surface area is 204 Å².